The minimum atomic E-state index is -0.776. The molecular formula is C16H27NO4. The van der Waals surface area contributed by atoms with E-state index in [2.05, 4.69) is 5.32 Å². The van der Waals surface area contributed by atoms with Crippen molar-refractivity contribution in [1.82, 2.24) is 5.32 Å². The standard InChI is InChI=1S/C16H27NO4/c18-15(12-7-8-13(11-12)16(19)20)17-9-10-21-14-5-3-1-2-4-6-14/h12-14H,1-11H2,(H,17,18)(H,19,20)/t12-,13+/m0/s1. The van der Waals surface area contributed by atoms with Gasteiger partial charge in [-0.3, -0.25) is 9.59 Å². The molecule has 0 aromatic rings. The van der Waals surface area contributed by atoms with Gasteiger partial charge in [0.05, 0.1) is 18.6 Å². The summed E-state index contributed by atoms with van der Waals surface area (Å²) in [5, 5.41) is 11.8. The molecular weight excluding hydrogens is 270 g/mol. The Morgan fingerprint density at radius 3 is 2.29 bits per heavy atom. The molecule has 5 heteroatoms. The summed E-state index contributed by atoms with van der Waals surface area (Å²) in [6.45, 7) is 1.09. The molecule has 120 valence electrons. The Balaban J connectivity index is 1.58. The molecule has 0 aliphatic heterocycles. The number of aliphatic carboxylic acids is 1. The van der Waals surface area contributed by atoms with Crippen LogP contribution in [0.25, 0.3) is 0 Å². The predicted molar refractivity (Wildman–Crippen MR) is 78.9 cm³/mol. The van der Waals surface area contributed by atoms with Crippen LogP contribution in [-0.4, -0.2) is 36.2 Å². The minimum Gasteiger partial charge on any atom is -0.481 e. The summed E-state index contributed by atoms with van der Waals surface area (Å²) in [7, 11) is 0. The molecule has 0 spiro atoms. The van der Waals surface area contributed by atoms with Crippen molar-refractivity contribution in [2.75, 3.05) is 13.2 Å². The van der Waals surface area contributed by atoms with Crippen molar-refractivity contribution in [3.63, 3.8) is 0 Å². The second kappa shape index (κ2) is 8.37. The number of carboxylic acids is 1. The van der Waals surface area contributed by atoms with Crippen LogP contribution in [0.3, 0.4) is 0 Å². The number of rotatable bonds is 6. The van der Waals surface area contributed by atoms with E-state index in [9.17, 15) is 9.59 Å². The highest BCUT2D eigenvalue weighted by Gasteiger charge is 2.33. The van der Waals surface area contributed by atoms with E-state index in [1.807, 2.05) is 0 Å². The molecule has 0 radical (unpaired) electrons. The molecule has 2 saturated carbocycles. The van der Waals surface area contributed by atoms with Crippen LogP contribution in [0.15, 0.2) is 0 Å². The summed E-state index contributed by atoms with van der Waals surface area (Å²) in [5.74, 6) is -1.27. The van der Waals surface area contributed by atoms with Gasteiger partial charge in [0.25, 0.3) is 0 Å². The predicted octanol–water partition coefficient (Wildman–Crippen LogP) is 2.34. The van der Waals surface area contributed by atoms with Gasteiger partial charge in [0.2, 0.25) is 5.91 Å². The van der Waals surface area contributed by atoms with Crippen molar-refractivity contribution in [1.29, 1.82) is 0 Å². The first-order valence-electron chi connectivity index (χ1n) is 8.29. The lowest BCUT2D eigenvalue weighted by Gasteiger charge is -2.16. The van der Waals surface area contributed by atoms with Crippen LogP contribution in [0, 0.1) is 11.8 Å². The minimum absolute atomic E-state index is 0.0109. The van der Waals surface area contributed by atoms with Gasteiger partial charge in [-0.15, -0.1) is 0 Å². The quantitative estimate of drug-likeness (QED) is 0.583. The van der Waals surface area contributed by atoms with Crippen LogP contribution in [-0.2, 0) is 14.3 Å². The van der Waals surface area contributed by atoms with Crippen LogP contribution in [0.1, 0.15) is 57.8 Å². The van der Waals surface area contributed by atoms with Crippen molar-refractivity contribution >= 4 is 11.9 Å². The first kappa shape index (κ1) is 16.3. The van der Waals surface area contributed by atoms with E-state index in [-0.39, 0.29) is 17.7 Å². The molecule has 0 unspecified atom stereocenters. The van der Waals surface area contributed by atoms with E-state index in [1.165, 1.54) is 25.7 Å². The fourth-order valence-corrected chi connectivity index (χ4v) is 3.40. The van der Waals surface area contributed by atoms with Gasteiger partial charge in [-0.2, -0.15) is 0 Å². The van der Waals surface area contributed by atoms with Crippen LogP contribution in [0.5, 0.6) is 0 Å². The maximum absolute atomic E-state index is 12.0. The van der Waals surface area contributed by atoms with Gasteiger partial charge in [0.15, 0.2) is 0 Å². The maximum Gasteiger partial charge on any atom is 0.306 e. The van der Waals surface area contributed by atoms with Crippen molar-refractivity contribution < 1.29 is 19.4 Å². The van der Waals surface area contributed by atoms with Crippen molar-refractivity contribution in [2.24, 2.45) is 11.8 Å². The molecule has 2 rings (SSSR count). The highest BCUT2D eigenvalue weighted by molar-refractivity contribution is 5.80. The van der Waals surface area contributed by atoms with Gasteiger partial charge in [-0.25, -0.2) is 0 Å². The molecule has 2 N–H and O–H groups in total. The largest absolute Gasteiger partial charge is 0.481 e. The first-order chi connectivity index (χ1) is 10.2. The second-order valence-corrected chi connectivity index (χ2v) is 6.32. The lowest BCUT2D eigenvalue weighted by atomic mass is 10.0. The molecule has 21 heavy (non-hydrogen) atoms. The third kappa shape index (κ3) is 5.30. The normalized spacial score (nSPS) is 27.2. The fraction of sp³-hybridized carbons (Fsp3) is 0.875. The average Bonchev–Trinajstić information content (AvgIpc) is 2.82. The molecule has 0 aromatic heterocycles. The molecule has 2 fully saturated rings. The second-order valence-electron chi connectivity index (χ2n) is 6.32. The Bertz CT molecular complexity index is 350. The van der Waals surface area contributed by atoms with E-state index in [0.717, 1.165) is 12.8 Å². The van der Waals surface area contributed by atoms with Crippen LogP contribution >= 0.6 is 0 Å². The lowest BCUT2D eigenvalue weighted by molar-refractivity contribution is -0.141. The molecule has 0 bridgehead atoms. The number of hydrogen-bond acceptors (Lipinski definition) is 3. The topological polar surface area (TPSA) is 75.6 Å². The zero-order valence-corrected chi connectivity index (χ0v) is 12.7. The Labute approximate surface area is 126 Å². The molecule has 2 atom stereocenters. The number of carbonyl (C=O) groups is 2. The van der Waals surface area contributed by atoms with Gasteiger partial charge in [-0.05, 0) is 32.1 Å². The van der Waals surface area contributed by atoms with E-state index in [0.29, 0.717) is 38.5 Å². The summed E-state index contributed by atoms with van der Waals surface area (Å²) in [5.41, 5.74) is 0. The van der Waals surface area contributed by atoms with Crippen LogP contribution < -0.4 is 5.32 Å². The van der Waals surface area contributed by atoms with Crippen molar-refractivity contribution in [3.8, 4) is 0 Å². The SMILES string of the molecule is O=C(O)[C@@H]1CC[C@H](C(=O)NCCOC2CCCCCC2)C1. The molecule has 2 aliphatic carbocycles. The number of carboxylic acid groups (broad SMARTS) is 1. The zero-order valence-electron chi connectivity index (χ0n) is 12.7. The summed E-state index contributed by atoms with van der Waals surface area (Å²) >= 11 is 0. The molecule has 0 aromatic carbocycles. The highest BCUT2D eigenvalue weighted by Crippen LogP contribution is 2.31. The van der Waals surface area contributed by atoms with Crippen molar-refractivity contribution in [3.05, 3.63) is 0 Å². The molecule has 0 heterocycles. The maximum atomic E-state index is 12.0. The van der Waals surface area contributed by atoms with E-state index >= 15 is 0 Å². The van der Waals surface area contributed by atoms with E-state index < -0.39 is 5.97 Å². The van der Waals surface area contributed by atoms with E-state index in [1.54, 1.807) is 0 Å². The van der Waals surface area contributed by atoms with Gasteiger partial charge in [0, 0.05) is 12.5 Å². The number of hydrogen-bond donors (Lipinski definition) is 2. The summed E-state index contributed by atoms with van der Waals surface area (Å²) < 4.78 is 5.83. The summed E-state index contributed by atoms with van der Waals surface area (Å²) in [4.78, 5) is 22.8. The molecule has 5 nitrogen and oxygen atoms in total. The average molecular weight is 297 g/mol. The summed E-state index contributed by atoms with van der Waals surface area (Å²) in [6.07, 6.45) is 9.51. The Kier molecular flexibility index (Phi) is 6.49. The Morgan fingerprint density at radius 1 is 1.00 bits per heavy atom. The number of ether oxygens (including phenoxy) is 1. The zero-order chi connectivity index (χ0) is 15.1. The summed E-state index contributed by atoms with van der Waals surface area (Å²) in [6, 6.07) is 0. The molecule has 0 saturated heterocycles. The Hall–Kier alpha value is -1.10. The Morgan fingerprint density at radius 2 is 1.67 bits per heavy atom. The third-order valence-electron chi connectivity index (χ3n) is 4.71. The van der Waals surface area contributed by atoms with Crippen LogP contribution in [0.2, 0.25) is 0 Å². The van der Waals surface area contributed by atoms with Gasteiger partial charge in [0.1, 0.15) is 0 Å². The van der Waals surface area contributed by atoms with E-state index in [4.69, 9.17) is 9.84 Å². The van der Waals surface area contributed by atoms with Crippen LogP contribution in [0.4, 0.5) is 0 Å². The third-order valence-corrected chi connectivity index (χ3v) is 4.71. The smallest absolute Gasteiger partial charge is 0.306 e. The fourth-order valence-electron chi connectivity index (χ4n) is 3.40. The monoisotopic (exact) mass is 297 g/mol. The van der Waals surface area contributed by atoms with Gasteiger partial charge in [-0.1, -0.05) is 25.7 Å². The lowest BCUT2D eigenvalue weighted by Crippen LogP contribution is -2.33. The number of nitrogens with one attached hydrogen (secondary N) is 1. The van der Waals surface area contributed by atoms with Gasteiger partial charge < -0.3 is 15.2 Å². The highest BCUT2D eigenvalue weighted by atomic mass is 16.5. The molecule has 2 aliphatic rings. The van der Waals surface area contributed by atoms with Crippen molar-refractivity contribution in [2.45, 2.75) is 63.9 Å². The molecule has 1 amide bonds. The number of carbonyl (C=O) groups excluding carboxylic acids is 1. The van der Waals surface area contributed by atoms with Gasteiger partial charge >= 0.3 is 5.97 Å². The number of amides is 1. The first-order valence-corrected chi connectivity index (χ1v) is 8.29.